The largest absolute Gasteiger partial charge is 0.346 e. The highest BCUT2D eigenvalue weighted by Gasteiger charge is 2.27. The van der Waals surface area contributed by atoms with Gasteiger partial charge in [0.1, 0.15) is 22.1 Å². The molecule has 0 saturated heterocycles. The summed E-state index contributed by atoms with van der Waals surface area (Å²) in [5.74, 6) is -0.395. The maximum absolute atomic E-state index is 12.7. The maximum Gasteiger partial charge on any atom is 0.170 e. The van der Waals surface area contributed by atoms with Crippen LogP contribution in [0, 0.1) is 22.7 Å². The van der Waals surface area contributed by atoms with Crippen molar-refractivity contribution < 1.29 is 9.59 Å². The maximum atomic E-state index is 12.7. The minimum atomic E-state index is -0.197. The van der Waals surface area contributed by atoms with Gasteiger partial charge in [-0.05, 0) is 50.2 Å². The van der Waals surface area contributed by atoms with Crippen molar-refractivity contribution in [3.8, 4) is 34.7 Å². The van der Waals surface area contributed by atoms with E-state index in [0.717, 1.165) is 11.4 Å². The lowest BCUT2D eigenvalue weighted by molar-refractivity contribution is 0.101. The second kappa shape index (κ2) is 11.3. The van der Waals surface area contributed by atoms with E-state index in [4.69, 9.17) is 4.98 Å². The Labute approximate surface area is 239 Å². The smallest absolute Gasteiger partial charge is 0.170 e. The highest BCUT2D eigenvalue weighted by molar-refractivity contribution is 7.19. The van der Waals surface area contributed by atoms with Gasteiger partial charge in [-0.3, -0.25) is 9.59 Å². The number of nitrogens with zero attached hydrogens (tertiary/aromatic N) is 3. The first-order valence-corrected chi connectivity index (χ1v) is 13.8. The number of pyridine rings is 1. The van der Waals surface area contributed by atoms with E-state index < -0.39 is 0 Å². The Hall–Kier alpha value is -5.09. The summed E-state index contributed by atoms with van der Waals surface area (Å²) in [6, 6.07) is 28.5. The molecule has 0 saturated carbocycles. The quantitative estimate of drug-likeness (QED) is 0.184. The number of ketones is 2. The molecule has 5 rings (SSSR count). The molecule has 9 heteroatoms. The fourth-order valence-electron chi connectivity index (χ4n) is 4.25. The molecular formula is C31H21N5O2S2. The highest BCUT2D eigenvalue weighted by Crippen LogP contribution is 2.44. The molecule has 40 heavy (non-hydrogen) atoms. The first-order valence-electron chi connectivity index (χ1n) is 12.2. The molecule has 7 nitrogen and oxygen atoms in total. The normalized spacial score (nSPS) is 10.4. The zero-order valence-corrected chi connectivity index (χ0v) is 23.1. The van der Waals surface area contributed by atoms with E-state index in [9.17, 15) is 20.1 Å². The number of carbonyl (C=O) groups is 2. The van der Waals surface area contributed by atoms with Crippen LogP contribution in [0.4, 0.5) is 21.4 Å². The standard InChI is InChI=1S/C31H21N5O2S2/c1-18(37)28-26(22(16-32)30(39-28)34-20-10-5-3-6-11-20)24-14-9-15-25(36-24)27-23(17-33)31(40-29(27)19(2)38)35-21-12-7-4-8-13-21/h3-15,34-35H,1-2H3. The summed E-state index contributed by atoms with van der Waals surface area (Å²) in [5.41, 5.74) is 3.80. The van der Waals surface area contributed by atoms with Gasteiger partial charge in [0, 0.05) is 22.5 Å². The van der Waals surface area contributed by atoms with Crippen LogP contribution >= 0.6 is 22.7 Å². The molecule has 194 valence electrons. The summed E-state index contributed by atoms with van der Waals surface area (Å²) in [5, 5.41) is 27.9. The Bertz CT molecular complexity index is 1700. The first kappa shape index (κ1) is 26.5. The summed E-state index contributed by atoms with van der Waals surface area (Å²) in [6.45, 7) is 2.91. The van der Waals surface area contributed by atoms with Crippen molar-refractivity contribution in [1.82, 2.24) is 4.98 Å². The molecule has 0 aliphatic rings. The Morgan fingerprint density at radius 2 is 1.05 bits per heavy atom. The van der Waals surface area contributed by atoms with Crippen LogP contribution in [-0.2, 0) is 0 Å². The predicted molar refractivity (Wildman–Crippen MR) is 160 cm³/mol. The number of hydrogen-bond donors (Lipinski definition) is 2. The summed E-state index contributed by atoms with van der Waals surface area (Å²) in [4.78, 5) is 31.0. The van der Waals surface area contributed by atoms with E-state index in [1.165, 1.54) is 36.5 Å². The van der Waals surface area contributed by atoms with E-state index in [1.54, 1.807) is 18.2 Å². The minimum absolute atomic E-state index is 0.197. The zero-order valence-electron chi connectivity index (χ0n) is 21.5. The summed E-state index contributed by atoms with van der Waals surface area (Å²) < 4.78 is 0. The van der Waals surface area contributed by atoms with Crippen LogP contribution in [-0.4, -0.2) is 16.6 Å². The number of rotatable bonds is 8. The molecule has 0 aliphatic heterocycles. The van der Waals surface area contributed by atoms with E-state index in [-0.39, 0.29) is 11.6 Å². The monoisotopic (exact) mass is 559 g/mol. The second-order valence-electron chi connectivity index (χ2n) is 8.75. The van der Waals surface area contributed by atoms with Crippen LogP contribution < -0.4 is 10.6 Å². The van der Waals surface area contributed by atoms with Crippen molar-refractivity contribution in [2.45, 2.75) is 13.8 Å². The van der Waals surface area contributed by atoms with Gasteiger partial charge in [-0.1, -0.05) is 42.5 Å². The van der Waals surface area contributed by atoms with E-state index in [1.807, 2.05) is 60.7 Å². The van der Waals surface area contributed by atoms with Gasteiger partial charge in [0.25, 0.3) is 0 Å². The second-order valence-corrected chi connectivity index (χ2v) is 10.8. The SMILES string of the molecule is CC(=O)c1sc(Nc2ccccc2)c(C#N)c1-c1cccc(-c2c(C(C)=O)sc(Nc3ccccc3)c2C#N)n1. The Morgan fingerprint density at radius 3 is 1.40 bits per heavy atom. The zero-order chi connectivity index (χ0) is 28.2. The third-order valence-corrected chi connectivity index (χ3v) is 8.42. The third-order valence-electron chi connectivity index (χ3n) is 6.00. The Morgan fingerprint density at radius 1 is 0.650 bits per heavy atom. The van der Waals surface area contributed by atoms with Crippen LogP contribution in [0.1, 0.15) is 44.3 Å². The van der Waals surface area contributed by atoms with Crippen LogP contribution in [0.2, 0.25) is 0 Å². The number of thiophene rings is 2. The molecule has 2 N–H and O–H groups in total. The molecule has 0 fully saturated rings. The predicted octanol–water partition coefficient (Wildman–Crippen LogP) is 8.17. The Balaban J connectivity index is 1.66. The van der Waals surface area contributed by atoms with Crippen molar-refractivity contribution in [2.24, 2.45) is 0 Å². The lowest BCUT2D eigenvalue weighted by atomic mass is 10.0. The lowest BCUT2D eigenvalue weighted by Crippen LogP contribution is -1.98. The van der Waals surface area contributed by atoms with Gasteiger partial charge < -0.3 is 10.6 Å². The molecule has 0 bridgehead atoms. The molecule has 3 aromatic heterocycles. The van der Waals surface area contributed by atoms with Crippen LogP contribution in [0.3, 0.4) is 0 Å². The van der Waals surface area contributed by atoms with Crippen molar-refractivity contribution in [1.29, 1.82) is 10.5 Å². The highest BCUT2D eigenvalue weighted by atomic mass is 32.1. The molecular weight excluding hydrogens is 539 g/mol. The summed E-state index contributed by atoms with van der Waals surface area (Å²) in [6.07, 6.45) is 0. The molecule has 0 aliphatic carbocycles. The molecule has 0 atom stereocenters. The average Bonchev–Trinajstić information content (AvgIpc) is 3.52. The Kier molecular flexibility index (Phi) is 7.52. The van der Waals surface area contributed by atoms with Gasteiger partial charge in [-0.15, -0.1) is 22.7 Å². The van der Waals surface area contributed by atoms with E-state index in [2.05, 4.69) is 22.8 Å². The fourth-order valence-corrected chi connectivity index (χ4v) is 6.41. The van der Waals surface area contributed by atoms with Crippen molar-refractivity contribution in [3.63, 3.8) is 0 Å². The number of nitriles is 2. The number of anilines is 4. The molecule has 5 aromatic rings. The topological polar surface area (TPSA) is 119 Å². The van der Waals surface area contributed by atoms with Crippen LogP contribution in [0.25, 0.3) is 22.5 Å². The van der Waals surface area contributed by atoms with Crippen LogP contribution in [0.15, 0.2) is 78.9 Å². The number of benzene rings is 2. The van der Waals surface area contributed by atoms with Crippen molar-refractivity contribution in [3.05, 3.63) is 99.7 Å². The van der Waals surface area contributed by atoms with Gasteiger partial charge in [0.15, 0.2) is 11.6 Å². The van der Waals surface area contributed by atoms with Crippen molar-refractivity contribution >= 4 is 55.6 Å². The molecule has 0 spiro atoms. The number of Topliss-reactive ketones (excluding diaryl/α,β-unsaturated/α-hetero) is 2. The number of aromatic nitrogens is 1. The molecule has 0 unspecified atom stereocenters. The van der Waals surface area contributed by atoms with Crippen LogP contribution in [0.5, 0.6) is 0 Å². The summed E-state index contributed by atoms with van der Waals surface area (Å²) in [7, 11) is 0. The average molecular weight is 560 g/mol. The first-order chi connectivity index (χ1) is 19.4. The summed E-state index contributed by atoms with van der Waals surface area (Å²) >= 11 is 2.39. The van der Waals surface area contributed by atoms with E-state index >= 15 is 0 Å². The van der Waals surface area contributed by atoms with Gasteiger partial charge in [0.2, 0.25) is 0 Å². The lowest BCUT2D eigenvalue weighted by Gasteiger charge is -2.08. The number of carbonyl (C=O) groups excluding carboxylic acids is 2. The number of para-hydroxylation sites is 2. The van der Waals surface area contributed by atoms with Gasteiger partial charge in [-0.2, -0.15) is 10.5 Å². The number of nitrogens with one attached hydrogen (secondary N) is 2. The van der Waals surface area contributed by atoms with Gasteiger partial charge >= 0.3 is 0 Å². The molecule has 0 radical (unpaired) electrons. The molecule has 3 heterocycles. The third kappa shape index (κ3) is 5.12. The van der Waals surface area contributed by atoms with Crippen molar-refractivity contribution in [2.75, 3.05) is 10.6 Å². The fraction of sp³-hybridized carbons (Fsp3) is 0.0645. The molecule has 0 amide bonds. The minimum Gasteiger partial charge on any atom is -0.346 e. The van der Waals surface area contributed by atoms with Gasteiger partial charge in [0.05, 0.1) is 32.3 Å². The van der Waals surface area contributed by atoms with E-state index in [0.29, 0.717) is 53.4 Å². The number of hydrogen-bond acceptors (Lipinski definition) is 9. The van der Waals surface area contributed by atoms with Gasteiger partial charge in [-0.25, -0.2) is 4.98 Å². The molecule has 2 aromatic carbocycles.